The van der Waals surface area contributed by atoms with Gasteiger partial charge in [-0.2, -0.15) is 0 Å². The molecule has 1 aliphatic carbocycles. The van der Waals surface area contributed by atoms with Gasteiger partial charge >= 0.3 is 0 Å². The van der Waals surface area contributed by atoms with Gasteiger partial charge in [0.25, 0.3) is 0 Å². The molecule has 3 heteroatoms. The molecule has 90 valence electrons. The first kappa shape index (κ1) is 11.3. The van der Waals surface area contributed by atoms with E-state index in [2.05, 4.69) is 44.9 Å². The Morgan fingerprint density at radius 3 is 2.82 bits per heavy atom. The maximum atomic E-state index is 5.83. The molecule has 2 N–H and O–H groups in total. The molecular formula is C14H17BrN2. The van der Waals surface area contributed by atoms with Crippen LogP contribution in [0, 0.1) is 5.92 Å². The van der Waals surface area contributed by atoms with E-state index < -0.39 is 0 Å². The third kappa shape index (κ3) is 2.02. The number of hydrogen-bond donors (Lipinski definition) is 1. The van der Waals surface area contributed by atoms with Crippen LogP contribution in [0.2, 0.25) is 0 Å². The lowest BCUT2D eigenvalue weighted by molar-refractivity contribution is 0.279. The zero-order chi connectivity index (χ0) is 11.8. The molecule has 1 aliphatic rings. The van der Waals surface area contributed by atoms with Crippen molar-refractivity contribution in [2.45, 2.75) is 32.4 Å². The van der Waals surface area contributed by atoms with Crippen LogP contribution in [0.1, 0.15) is 24.8 Å². The maximum absolute atomic E-state index is 5.83. The molecule has 0 amide bonds. The van der Waals surface area contributed by atoms with Crippen molar-refractivity contribution < 1.29 is 0 Å². The van der Waals surface area contributed by atoms with Gasteiger partial charge in [0.2, 0.25) is 0 Å². The highest BCUT2D eigenvalue weighted by molar-refractivity contribution is 9.10. The molecule has 0 aliphatic heterocycles. The molecule has 3 rings (SSSR count). The number of nitrogens with two attached hydrogens (primary N) is 1. The molecule has 2 aromatic rings. The highest BCUT2D eigenvalue weighted by Crippen LogP contribution is 2.31. The average Bonchev–Trinajstić information content (AvgIpc) is 2.61. The van der Waals surface area contributed by atoms with Crippen molar-refractivity contribution in [2.75, 3.05) is 0 Å². The van der Waals surface area contributed by atoms with Crippen molar-refractivity contribution in [1.29, 1.82) is 0 Å². The summed E-state index contributed by atoms with van der Waals surface area (Å²) in [6.45, 7) is 1.77. The Hall–Kier alpha value is -0.800. The van der Waals surface area contributed by atoms with Crippen molar-refractivity contribution in [3.8, 4) is 0 Å². The second-order valence-corrected chi connectivity index (χ2v) is 5.88. The van der Waals surface area contributed by atoms with Gasteiger partial charge in [-0.15, -0.1) is 0 Å². The Morgan fingerprint density at radius 2 is 2.18 bits per heavy atom. The van der Waals surface area contributed by atoms with Gasteiger partial charge in [-0.3, -0.25) is 0 Å². The molecule has 1 fully saturated rings. The van der Waals surface area contributed by atoms with Gasteiger partial charge in [-0.05, 0) is 42.5 Å². The van der Waals surface area contributed by atoms with E-state index >= 15 is 0 Å². The van der Waals surface area contributed by atoms with Crippen molar-refractivity contribution in [2.24, 2.45) is 11.7 Å². The first-order chi connectivity index (χ1) is 8.28. The lowest BCUT2D eigenvalue weighted by Crippen LogP contribution is -2.17. The molecule has 0 radical (unpaired) electrons. The molecule has 1 heterocycles. The van der Waals surface area contributed by atoms with E-state index in [1.807, 2.05) is 0 Å². The zero-order valence-electron chi connectivity index (χ0n) is 9.82. The third-order valence-corrected chi connectivity index (χ3v) is 4.32. The van der Waals surface area contributed by atoms with Crippen LogP contribution in [-0.2, 0) is 13.1 Å². The number of benzene rings is 1. The molecule has 2 nitrogen and oxygen atoms in total. The fraction of sp³-hybridized carbons (Fsp3) is 0.429. The van der Waals surface area contributed by atoms with Gasteiger partial charge in [-0.25, -0.2) is 0 Å². The molecule has 1 aromatic heterocycles. The normalized spacial score (nSPS) is 16.4. The van der Waals surface area contributed by atoms with Gasteiger partial charge in [0.15, 0.2) is 0 Å². The molecule has 1 aromatic carbocycles. The number of aromatic nitrogens is 1. The molecular weight excluding hydrogens is 276 g/mol. The number of halogens is 1. The van der Waals surface area contributed by atoms with E-state index in [9.17, 15) is 0 Å². The van der Waals surface area contributed by atoms with E-state index in [-0.39, 0.29) is 0 Å². The van der Waals surface area contributed by atoms with Crippen LogP contribution in [0.3, 0.4) is 0 Å². The quantitative estimate of drug-likeness (QED) is 0.920. The number of fused-ring (bicyclic) bond motifs is 1. The molecule has 0 atom stereocenters. The Labute approximate surface area is 110 Å². The smallest absolute Gasteiger partial charge is 0.0484 e. The molecule has 0 unspecified atom stereocenters. The van der Waals surface area contributed by atoms with Crippen molar-refractivity contribution >= 4 is 26.8 Å². The van der Waals surface area contributed by atoms with Crippen LogP contribution < -0.4 is 5.73 Å². The standard InChI is InChI=1S/C14H17BrN2/c15-12-4-5-14-13(6-12)11(7-16)9-17(14)8-10-2-1-3-10/h4-6,9-10H,1-3,7-8,16H2. The topological polar surface area (TPSA) is 30.9 Å². The van der Waals surface area contributed by atoms with Gasteiger partial charge in [-0.1, -0.05) is 22.4 Å². The van der Waals surface area contributed by atoms with Gasteiger partial charge in [0.1, 0.15) is 0 Å². The van der Waals surface area contributed by atoms with Crippen LogP contribution in [0.4, 0.5) is 0 Å². The van der Waals surface area contributed by atoms with Crippen LogP contribution in [0.25, 0.3) is 10.9 Å². The Balaban J connectivity index is 2.04. The molecule has 1 saturated carbocycles. The number of hydrogen-bond acceptors (Lipinski definition) is 1. The first-order valence-corrected chi connectivity index (χ1v) is 7.04. The minimum Gasteiger partial charge on any atom is -0.347 e. The summed E-state index contributed by atoms with van der Waals surface area (Å²) in [7, 11) is 0. The summed E-state index contributed by atoms with van der Waals surface area (Å²) >= 11 is 3.53. The van der Waals surface area contributed by atoms with E-state index in [4.69, 9.17) is 5.73 Å². The maximum Gasteiger partial charge on any atom is 0.0484 e. The second-order valence-electron chi connectivity index (χ2n) is 4.97. The molecule has 0 bridgehead atoms. The molecule has 0 spiro atoms. The summed E-state index contributed by atoms with van der Waals surface area (Å²) in [6, 6.07) is 6.48. The van der Waals surface area contributed by atoms with E-state index in [1.54, 1.807) is 0 Å². The average molecular weight is 293 g/mol. The Bertz CT molecular complexity index is 540. The molecule has 0 saturated heterocycles. The minimum atomic E-state index is 0.616. The van der Waals surface area contributed by atoms with Crippen molar-refractivity contribution in [3.05, 3.63) is 34.4 Å². The van der Waals surface area contributed by atoms with Crippen LogP contribution in [0.15, 0.2) is 28.9 Å². The molecule has 17 heavy (non-hydrogen) atoms. The van der Waals surface area contributed by atoms with Crippen molar-refractivity contribution in [1.82, 2.24) is 4.57 Å². The van der Waals surface area contributed by atoms with E-state index in [0.29, 0.717) is 6.54 Å². The minimum absolute atomic E-state index is 0.616. The van der Waals surface area contributed by atoms with E-state index in [0.717, 1.165) is 16.9 Å². The van der Waals surface area contributed by atoms with Crippen LogP contribution in [0.5, 0.6) is 0 Å². The SMILES string of the molecule is NCc1cn(CC2CCC2)c2ccc(Br)cc12. The third-order valence-electron chi connectivity index (χ3n) is 3.83. The fourth-order valence-electron chi connectivity index (χ4n) is 2.61. The van der Waals surface area contributed by atoms with Gasteiger partial charge in [0.05, 0.1) is 0 Å². The Morgan fingerprint density at radius 1 is 1.35 bits per heavy atom. The van der Waals surface area contributed by atoms with Crippen LogP contribution in [-0.4, -0.2) is 4.57 Å². The fourth-order valence-corrected chi connectivity index (χ4v) is 2.97. The van der Waals surface area contributed by atoms with Crippen molar-refractivity contribution in [3.63, 3.8) is 0 Å². The first-order valence-electron chi connectivity index (χ1n) is 6.25. The summed E-state index contributed by atoms with van der Waals surface area (Å²) in [5.74, 6) is 0.875. The van der Waals surface area contributed by atoms with Gasteiger partial charge < -0.3 is 10.3 Å². The number of nitrogens with zero attached hydrogens (tertiary/aromatic N) is 1. The van der Waals surface area contributed by atoms with Crippen LogP contribution >= 0.6 is 15.9 Å². The predicted molar refractivity (Wildman–Crippen MR) is 74.9 cm³/mol. The lowest BCUT2D eigenvalue weighted by atomic mass is 9.85. The second kappa shape index (κ2) is 4.46. The highest BCUT2D eigenvalue weighted by atomic mass is 79.9. The Kier molecular flexibility index (Phi) is 2.97. The largest absolute Gasteiger partial charge is 0.347 e. The highest BCUT2D eigenvalue weighted by Gasteiger charge is 2.19. The predicted octanol–water partition coefficient (Wildman–Crippen LogP) is 3.66. The summed E-state index contributed by atoms with van der Waals surface area (Å²) in [4.78, 5) is 0. The monoisotopic (exact) mass is 292 g/mol. The van der Waals surface area contributed by atoms with Gasteiger partial charge in [0, 0.05) is 34.7 Å². The summed E-state index contributed by atoms with van der Waals surface area (Å²) in [5.41, 5.74) is 8.40. The van der Waals surface area contributed by atoms with E-state index in [1.165, 1.54) is 35.7 Å². The number of rotatable bonds is 3. The zero-order valence-corrected chi connectivity index (χ0v) is 11.4. The summed E-state index contributed by atoms with van der Waals surface area (Å²) in [5, 5.41) is 1.29. The summed E-state index contributed by atoms with van der Waals surface area (Å²) < 4.78 is 3.51. The summed E-state index contributed by atoms with van der Waals surface area (Å²) in [6.07, 6.45) is 6.40. The lowest BCUT2D eigenvalue weighted by Gasteiger charge is -2.26.